The van der Waals surface area contributed by atoms with Crippen LogP contribution in [0.1, 0.15) is 5.56 Å². The molecule has 4 nitrogen and oxygen atoms in total. The lowest BCUT2D eigenvalue weighted by Gasteiger charge is -2.33. The van der Waals surface area contributed by atoms with Gasteiger partial charge in [-0.1, -0.05) is 0 Å². The maximum Gasteiger partial charge on any atom is 0.387 e. The summed E-state index contributed by atoms with van der Waals surface area (Å²) in [4.78, 5) is 3.71. The molecule has 25 heavy (non-hydrogen) atoms. The highest BCUT2D eigenvalue weighted by molar-refractivity contribution is 7.80. The molecule has 3 rings (SSSR count). The quantitative estimate of drug-likeness (QED) is 0.775. The van der Waals surface area contributed by atoms with Gasteiger partial charge < -0.3 is 19.9 Å². The molecule has 0 aliphatic carbocycles. The number of piperazine rings is 1. The van der Waals surface area contributed by atoms with Gasteiger partial charge in [0.25, 0.3) is 0 Å². The molecule has 1 aliphatic rings. The Morgan fingerprint density at radius 1 is 1.24 bits per heavy atom. The Balaban J connectivity index is 1.46. The van der Waals surface area contributed by atoms with E-state index < -0.39 is 6.61 Å². The molecule has 8 heteroatoms. The fourth-order valence-corrected chi connectivity index (χ4v) is 3.78. The summed E-state index contributed by atoms with van der Waals surface area (Å²) in [6.45, 7) is 2.13. The van der Waals surface area contributed by atoms with Crippen LogP contribution in [0.15, 0.2) is 41.1 Å². The van der Waals surface area contributed by atoms with Crippen molar-refractivity contribution in [3.63, 3.8) is 0 Å². The van der Waals surface area contributed by atoms with E-state index in [2.05, 4.69) is 31.8 Å². The lowest BCUT2D eigenvalue weighted by molar-refractivity contribution is -0.917. The third kappa shape index (κ3) is 5.35. The van der Waals surface area contributed by atoms with Crippen molar-refractivity contribution in [3.8, 4) is 5.75 Å². The van der Waals surface area contributed by atoms with E-state index in [4.69, 9.17) is 12.2 Å². The third-order valence-electron chi connectivity index (χ3n) is 4.12. The van der Waals surface area contributed by atoms with Gasteiger partial charge in [0.2, 0.25) is 0 Å². The highest BCUT2D eigenvalue weighted by Gasteiger charge is 2.22. The van der Waals surface area contributed by atoms with Crippen LogP contribution in [0.2, 0.25) is 0 Å². The van der Waals surface area contributed by atoms with Gasteiger partial charge in [-0.05, 0) is 53.3 Å². The number of rotatable bonds is 5. The van der Waals surface area contributed by atoms with Crippen LogP contribution < -0.4 is 15.0 Å². The Kier molecular flexibility index (Phi) is 6.17. The van der Waals surface area contributed by atoms with Crippen LogP contribution in [-0.2, 0) is 6.54 Å². The van der Waals surface area contributed by atoms with E-state index in [1.807, 2.05) is 0 Å². The average Bonchev–Trinajstić information content (AvgIpc) is 3.10. The molecule has 1 fully saturated rings. The molecule has 2 N–H and O–H groups in total. The largest absolute Gasteiger partial charge is 0.435 e. The van der Waals surface area contributed by atoms with Gasteiger partial charge in [0, 0.05) is 11.3 Å². The van der Waals surface area contributed by atoms with E-state index in [0.29, 0.717) is 5.11 Å². The molecule has 2 aromatic rings. The first kappa shape index (κ1) is 18.0. The number of hydrogen-bond donors (Lipinski definition) is 2. The van der Waals surface area contributed by atoms with Gasteiger partial charge in [0.15, 0.2) is 5.11 Å². The number of benzene rings is 1. The van der Waals surface area contributed by atoms with E-state index in [-0.39, 0.29) is 5.75 Å². The summed E-state index contributed by atoms with van der Waals surface area (Å²) < 4.78 is 28.7. The molecule has 0 bridgehead atoms. The summed E-state index contributed by atoms with van der Waals surface area (Å²) in [5.74, 6) is 0.136. The zero-order valence-corrected chi connectivity index (χ0v) is 15.2. The minimum Gasteiger partial charge on any atom is -0.435 e. The van der Waals surface area contributed by atoms with Gasteiger partial charge in [0.05, 0.1) is 26.2 Å². The maximum atomic E-state index is 12.2. The molecule has 1 saturated heterocycles. The second-order valence-corrected chi connectivity index (χ2v) is 7.05. The van der Waals surface area contributed by atoms with Crippen LogP contribution in [0.4, 0.5) is 14.5 Å². The minimum atomic E-state index is -2.81. The normalized spacial score (nSPS) is 15.4. The van der Waals surface area contributed by atoms with Crippen LogP contribution in [-0.4, -0.2) is 42.8 Å². The molecular weight excluding hydrogens is 364 g/mol. The van der Waals surface area contributed by atoms with Crippen molar-refractivity contribution in [2.75, 3.05) is 31.5 Å². The molecule has 134 valence electrons. The molecule has 0 radical (unpaired) electrons. The van der Waals surface area contributed by atoms with E-state index in [1.54, 1.807) is 28.4 Å². The molecule has 0 unspecified atom stereocenters. The Labute approximate surface area is 155 Å². The highest BCUT2D eigenvalue weighted by Crippen LogP contribution is 2.18. The second-order valence-electron chi connectivity index (χ2n) is 5.88. The van der Waals surface area contributed by atoms with Crippen molar-refractivity contribution < 1.29 is 18.4 Å². The molecule has 1 aromatic heterocycles. The number of alkyl halides is 2. The number of thiocarbonyl (C=S) groups is 1. The van der Waals surface area contributed by atoms with Crippen molar-refractivity contribution in [1.82, 2.24) is 4.90 Å². The Morgan fingerprint density at radius 2 is 1.96 bits per heavy atom. The van der Waals surface area contributed by atoms with Crippen molar-refractivity contribution in [1.29, 1.82) is 0 Å². The van der Waals surface area contributed by atoms with Crippen LogP contribution in [0, 0.1) is 0 Å². The van der Waals surface area contributed by atoms with Crippen molar-refractivity contribution >= 4 is 34.4 Å². The first-order valence-electron chi connectivity index (χ1n) is 8.05. The first-order valence-corrected chi connectivity index (χ1v) is 9.41. The number of quaternary nitrogens is 1. The number of ether oxygens (including phenoxy) is 1. The lowest BCUT2D eigenvalue weighted by Crippen LogP contribution is -3.13. The second kappa shape index (κ2) is 8.55. The Bertz CT molecular complexity index is 672. The molecule has 1 aliphatic heterocycles. The predicted octanol–water partition coefficient (Wildman–Crippen LogP) is 2.45. The predicted molar refractivity (Wildman–Crippen MR) is 99.6 cm³/mol. The number of nitrogens with one attached hydrogen (secondary N) is 2. The summed E-state index contributed by atoms with van der Waals surface area (Å²) in [5.41, 5.74) is 2.15. The average molecular weight is 384 g/mol. The summed E-state index contributed by atoms with van der Waals surface area (Å²) in [5, 5.41) is 8.14. The third-order valence-corrected chi connectivity index (χ3v) is 5.22. The van der Waals surface area contributed by atoms with Crippen LogP contribution in [0.25, 0.3) is 0 Å². The lowest BCUT2D eigenvalue weighted by atomic mass is 10.2. The minimum absolute atomic E-state index is 0.136. The van der Waals surface area contributed by atoms with Gasteiger partial charge in [-0.25, -0.2) is 0 Å². The van der Waals surface area contributed by atoms with Crippen molar-refractivity contribution in [3.05, 3.63) is 46.7 Å². The number of thiophene rings is 1. The van der Waals surface area contributed by atoms with Crippen LogP contribution >= 0.6 is 23.6 Å². The fourth-order valence-electron chi connectivity index (χ4n) is 2.81. The Morgan fingerprint density at radius 3 is 2.56 bits per heavy atom. The van der Waals surface area contributed by atoms with E-state index in [1.165, 1.54) is 17.7 Å². The van der Waals surface area contributed by atoms with Gasteiger partial charge in [-0.2, -0.15) is 20.1 Å². The van der Waals surface area contributed by atoms with Crippen LogP contribution in [0.3, 0.4) is 0 Å². The monoisotopic (exact) mass is 384 g/mol. The summed E-state index contributed by atoms with van der Waals surface area (Å²) >= 11 is 7.20. The van der Waals surface area contributed by atoms with Gasteiger partial charge in [0.1, 0.15) is 12.3 Å². The number of nitrogens with zero attached hydrogens (tertiary/aromatic N) is 1. The fraction of sp³-hybridized carbons (Fsp3) is 0.353. The zero-order valence-electron chi connectivity index (χ0n) is 13.6. The number of hydrogen-bond acceptors (Lipinski definition) is 3. The molecule has 1 aromatic carbocycles. The first-order chi connectivity index (χ1) is 12.1. The van der Waals surface area contributed by atoms with E-state index in [0.717, 1.165) is 38.4 Å². The number of anilines is 1. The molecule has 0 saturated carbocycles. The maximum absolute atomic E-state index is 12.2. The standard InChI is InChI=1S/C17H19F2N3OS2/c18-16(19)23-15-3-1-14(2-4-15)20-17(24)22-8-6-21(7-9-22)11-13-5-10-25-12-13/h1-5,10,12,16H,6-9,11H2,(H,20,24)/p+1. The van der Waals surface area contributed by atoms with Crippen molar-refractivity contribution in [2.24, 2.45) is 0 Å². The molecule has 0 atom stereocenters. The smallest absolute Gasteiger partial charge is 0.387 e. The van der Waals surface area contributed by atoms with Gasteiger partial charge in [-0.15, -0.1) is 0 Å². The molecular formula is C17H20F2N3OS2+. The zero-order chi connectivity index (χ0) is 17.6. The molecule has 0 spiro atoms. The topological polar surface area (TPSA) is 28.9 Å². The summed E-state index contributed by atoms with van der Waals surface area (Å²) in [6.07, 6.45) is 0. The van der Waals surface area contributed by atoms with Gasteiger partial charge >= 0.3 is 6.61 Å². The van der Waals surface area contributed by atoms with Crippen LogP contribution in [0.5, 0.6) is 5.75 Å². The van der Waals surface area contributed by atoms with Crippen molar-refractivity contribution in [2.45, 2.75) is 13.2 Å². The molecule has 0 amide bonds. The summed E-state index contributed by atoms with van der Waals surface area (Å²) in [7, 11) is 0. The molecule has 2 heterocycles. The Hall–Kier alpha value is -1.77. The van der Waals surface area contributed by atoms with E-state index >= 15 is 0 Å². The number of halogens is 2. The highest BCUT2D eigenvalue weighted by atomic mass is 32.1. The SMILES string of the molecule is FC(F)Oc1ccc(NC(=S)N2CC[NH+](Cc3ccsc3)CC2)cc1. The summed E-state index contributed by atoms with van der Waals surface area (Å²) in [6, 6.07) is 8.54. The van der Waals surface area contributed by atoms with E-state index in [9.17, 15) is 8.78 Å². The van der Waals surface area contributed by atoms with Gasteiger partial charge in [-0.3, -0.25) is 0 Å².